The molecular formula is C18H30N4O2. The van der Waals surface area contributed by atoms with Crippen LogP contribution in [0.4, 0.5) is 0 Å². The largest absolute Gasteiger partial charge is 0.469 e. The van der Waals surface area contributed by atoms with Crippen LogP contribution in [0.1, 0.15) is 44.8 Å². The second-order valence-corrected chi connectivity index (χ2v) is 6.10. The molecular weight excluding hydrogens is 304 g/mol. The summed E-state index contributed by atoms with van der Waals surface area (Å²) in [4.78, 5) is 18.2. The van der Waals surface area contributed by atoms with Crippen molar-refractivity contribution in [1.82, 2.24) is 15.5 Å². The van der Waals surface area contributed by atoms with Crippen molar-refractivity contribution in [2.24, 2.45) is 4.99 Å². The Balaban J connectivity index is 1.70. The highest BCUT2D eigenvalue weighted by atomic mass is 16.3. The van der Waals surface area contributed by atoms with Crippen molar-refractivity contribution in [1.29, 1.82) is 0 Å². The Morgan fingerprint density at radius 3 is 2.92 bits per heavy atom. The molecule has 0 saturated carbocycles. The van der Waals surface area contributed by atoms with Crippen molar-refractivity contribution in [2.45, 2.75) is 45.4 Å². The smallest absolute Gasteiger partial charge is 0.222 e. The number of hydrogen-bond donors (Lipinski definition) is 2. The molecule has 2 heterocycles. The van der Waals surface area contributed by atoms with Crippen LogP contribution in [0.5, 0.6) is 0 Å². The van der Waals surface area contributed by atoms with Crippen molar-refractivity contribution in [3.8, 4) is 0 Å². The molecule has 0 bridgehead atoms. The molecule has 1 amide bonds. The van der Waals surface area contributed by atoms with E-state index in [1.165, 1.54) is 0 Å². The van der Waals surface area contributed by atoms with Gasteiger partial charge in [-0.05, 0) is 31.4 Å². The van der Waals surface area contributed by atoms with Crippen molar-refractivity contribution in [3.05, 3.63) is 24.2 Å². The van der Waals surface area contributed by atoms with Gasteiger partial charge >= 0.3 is 0 Å². The SMILES string of the molecule is CCCCNC(=NCCCN1CCCC1=O)NCCc1ccco1. The summed E-state index contributed by atoms with van der Waals surface area (Å²) in [6.07, 6.45) is 7.43. The molecule has 0 aliphatic carbocycles. The Kier molecular flexibility index (Phi) is 8.21. The molecule has 134 valence electrons. The van der Waals surface area contributed by atoms with Gasteiger partial charge in [0.25, 0.3) is 0 Å². The number of carbonyl (C=O) groups is 1. The van der Waals surface area contributed by atoms with E-state index in [-0.39, 0.29) is 5.91 Å². The second kappa shape index (κ2) is 10.7. The first kappa shape index (κ1) is 18.4. The Labute approximate surface area is 144 Å². The molecule has 1 aromatic rings. The summed E-state index contributed by atoms with van der Waals surface area (Å²) in [5, 5.41) is 6.72. The fourth-order valence-electron chi connectivity index (χ4n) is 2.71. The van der Waals surface area contributed by atoms with Gasteiger partial charge in [-0.25, -0.2) is 0 Å². The standard InChI is InChI=1S/C18H30N4O2/c1-2-3-10-19-18(21-12-9-16-7-5-15-24-16)20-11-6-14-22-13-4-8-17(22)23/h5,7,15H,2-4,6,8-14H2,1H3,(H2,19,20,21). The molecule has 1 aromatic heterocycles. The number of unbranched alkanes of at least 4 members (excludes halogenated alkanes) is 1. The zero-order valence-electron chi connectivity index (χ0n) is 14.7. The summed E-state index contributed by atoms with van der Waals surface area (Å²) >= 11 is 0. The molecule has 2 N–H and O–H groups in total. The number of nitrogens with zero attached hydrogens (tertiary/aromatic N) is 2. The van der Waals surface area contributed by atoms with Gasteiger partial charge in [-0.2, -0.15) is 0 Å². The Morgan fingerprint density at radius 1 is 1.33 bits per heavy atom. The monoisotopic (exact) mass is 334 g/mol. The summed E-state index contributed by atoms with van der Waals surface area (Å²) < 4.78 is 5.34. The summed E-state index contributed by atoms with van der Waals surface area (Å²) in [5.74, 6) is 2.11. The summed E-state index contributed by atoms with van der Waals surface area (Å²) in [6.45, 7) is 6.34. The van der Waals surface area contributed by atoms with E-state index in [1.54, 1.807) is 6.26 Å². The highest BCUT2D eigenvalue weighted by Gasteiger charge is 2.18. The van der Waals surface area contributed by atoms with Crippen LogP contribution < -0.4 is 10.6 Å². The molecule has 1 aliphatic rings. The Hall–Kier alpha value is -1.98. The third kappa shape index (κ3) is 6.64. The van der Waals surface area contributed by atoms with Crippen LogP contribution in [-0.4, -0.2) is 49.5 Å². The lowest BCUT2D eigenvalue weighted by Gasteiger charge is -2.15. The van der Waals surface area contributed by atoms with Gasteiger partial charge in [-0.15, -0.1) is 0 Å². The third-order valence-corrected chi connectivity index (χ3v) is 4.09. The molecule has 1 fully saturated rings. The van der Waals surface area contributed by atoms with Gasteiger partial charge in [0.15, 0.2) is 5.96 Å². The first-order valence-electron chi connectivity index (χ1n) is 9.12. The van der Waals surface area contributed by atoms with Gasteiger partial charge in [0, 0.05) is 45.6 Å². The van der Waals surface area contributed by atoms with E-state index in [0.717, 1.165) is 76.5 Å². The van der Waals surface area contributed by atoms with Crippen molar-refractivity contribution >= 4 is 11.9 Å². The number of carbonyl (C=O) groups excluding carboxylic acids is 1. The maximum atomic E-state index is 11.6. The predicted molar refractivity (Wildman–Crippen MR) is 96.1 cm³/mol. The minimum atomic E-state index is 0.289. The van der Waals surface area contributed by atoms with E-state index in [4.69, 9.17) is 4.42 Å². The van der Waals surface area contributed by atoms with Gasteiger partial charge in [0.1, 0.15) is 5.76 Å². The van der Waals surface area contributed by atoms with Crippen molar-refractivity contribution in [2.75, 3.05) is 32.7 Å². The molecule has 6 nitrogen and oxygen atoms in total. The number of guanidine groups is 1. The highest BCUT2D eigenvalue weighted by molar-refractivity contribution is 5.79. The molecule has 24 heavy (non-hydrogen) atoms. The topological polar surface area (TPSA) is 69.9 Å². The van der Waals surface area contributed by atoms with Crippen LogP contribution in [0.25, 0.3) is 0 Å². The van der Waals surface area contributed by atoms with E-state index in [1.807, 2.05) is 17.0 Å². The lowest BCUT2D eigenvalue weighted by molar-refractivity contribution is -0.127. The maximum absolute atomic E-state index is 11.6. The number of furan rings is 1. The average Bonchev–Trinajstić information content (AvgIpc) is 3.23. The van der Waals surface area contributed by atoms with Gasteiger partial charge in [0.05, 0.1) is 6.26 Å². The van der Waals surface area contributed by atoms with E-state index < -0.39 is 0 Å². The Morgan fingerprint density at radius 2 is 2.21 bits per heavy atom. The number of rotatable bonds is 10. The molecule has 1 aliphatic heterocycles. The first-order chi connectivity index (χ1) is 11.8. The van der Waals surface area contributed by atoms with Gasteiger partial charge < -0.3 is 20.0 Å². The highest BCUT2D eigenvalue weighted by Crippen LogP contribution is 2.09. The minimum Gasteiger partial charge on any atom is -0.469 e. The molecule has 0 radical (unpaired) electrons. The quantitative estimate of drug-likeness (QED) is 0.391. The molecule has 6 heteroatoms. The van der Waals surface area contributed by atoms with Crippen LogP contribution in [-0.2, 0) is 11.2 Å². The second-order valence-electron chi connectivity index (χ2n) is 6.10. The fourth-order valence-corrected chi connectivity index (χ4v) is 2.71. The van der Waals surface area contributed by atoms with Crippen LogP contribution in [0.3, 0.4) is 0 Å². The van der Waals surface area contributed by atoms with E-state index in [2.05, 4.69) is 22.5 Å². The van der Waals surface area contributed by atoms with E-state index in [0.29, 0.717) is 6.42 Å². The number of amides is 1. The molecule has 0 aromatic carbocycles. The van der Waals surface area contributed by atoms with Gasteiger partial charge in [0.2, 0.25) is 5.91 Å². The molecule has 0 atom stereocenters. The number of hydrogen-bond acceptors (Lipinski definition) is 3. The predicted octanol–water partition coefficient (Wildman–Crippen LogP) is 2.17. The van der Waals surface area contributed by atoms with Gasteiger partial charge in [-0.1, -0.05) is 13.3 Å². The number of likely N-dealkylation sites (tertiary alicyclic amines) is 1. The number of aliphatic imine (C=N–C) groups is 1. The fraction of sp³-hybridized carbons (Fsp3) is 0.667. The van der Waals surface area contributed by atoms with Crippen LogP contribution in [0.15, 0.2) is 27.8 Å². The third-order valence-electron chi connectivity index (χ3n) is 4.09. The molecule has 2 rings (SSSR count). The summed E-state index contributed by atoms with van der Waals surface area (Å²) in [7, 11) is 0. The van der Waals surface area contributed by atoms with Crippen molar-refractivity contribution < 1.29 is 9.21 Å². The zero-order valence-corrected chi connectivity index (χ0v) is 14.7. The maximum Gasteiger partial charge on any atom is 0.222 e. The zero-order chi connectivity index (χ0) is 17.0. The van der Waals surface area contributed by atoms with E-state index >= 15 is 0 Å². The molecule has 0 unspecified atom stereocenters. The summed E-state index contributed by atoms with van der Waals surface area (Å²) in [6, 6.07) is 3.89. The van der Waals surface area contributed by atoms with Crippen LogP contribution in [0, 0.1) is 0 Å². The van der Waals surface area contributed by atoms with Crippen molar-refractivity contribution in [3.63, 3.8) is 0 Å². The number of nitrogens with one attached hydrogen (secondary N) is 2. The Bertz CT molecular complexity index is 499. The summed E-state index contributed by atoms with van der Waals surface area (Å²) in [5.41, 5.74) is 0. The van der Waals surface area contributed by atoms with E-state index in [9.17, 15) is 4.79 Å². The molecule has 1 saturated heterocycles. The van der Waals surface area contributed by atoms with Gasteiger partial charge in [-0.3, -0.25) is 9.79 Å². The normalized spacial score (nSPS) is 15.1. The minimum absolute atomic E-state index is 0.289. The first-order valence-corrected chi connectivity index (χ1v) is 9.12. The van der Waals surface area contributed by atoms with Crippen LogP contribution in [0.2, 0.25) is 0 Å². The molecule has 0 spiro atoms. The lowest BCUT2D eigenvalue weighted by Crippen LogP contribution is -2.39. The average molecular weight is 334 g/mol. The van der Waals surface area contributed by atoms with Crippen LogP contribution >= 0.6 is 0 Å². The lowest BCUT2D eigenvalue weighted by atomic mass is 10.3.